The van der Waals surface area contributed by atoms with Crippen molar-refractivity contribution in [2.75, 3.05) is 5.32 Å². The summed E-state index contributed by atoms with van der Waals surface area (Å²) >= 11 is 3.38. The lowest BCUT2D eigenvalue weighted by Gasteiger charge is -2.17. The first-order chi connectivity index (χ1) is 11.7. The Morgan fingerprint density at radius 1 is 1.20 bits per heavy atom. The van der Waals surface area contributed by atoms with E-state index in [-0.39, 0.29) is 11.3 Å². The topological polar surface area (TPSA) is 75.3 Å². The highest BCUT2D eigenvalue weighted by atomic mass is 79.9. The molecule has 1 unspecified atom stereocenters. The summed E-state index contributed by atoms with van der Waals surface area (Å²) in [5, 5.41) is 2.70. The molecule has 0 aliphatic rings. The van der Waals surface area contributed by atoms with Gasteiger partial charge in [0.1, 0.15) is 11.9 Å². The molecule has 8 heteroatoms. The summed E-state index contributed by atoms with van der Waals surface area (Å²) in [6, 6.07) is 8.77. The molecule has 0 aromatic heterocycles. The Morgan fingerprint density at radius 2 is 1.84 bits per heavy atom. The molecule has 1 amide bonds. The third kappa shape index (κ3) is 5.10. The van der Waals surface area contributed by atoms with Crippen molar-refractivity contribution in [2.45, 2.75) is 31.2 Å². The van der Waals surface area contributed by atoms with Gasteiger partial charge in [0.2, 0.25) is 15.9 Å². The van der Waals surface area contributed by atoms with Crippen LogP contribution >= 0.6 is 15.9 Å². The third-order valence-corrected chi connectivity index (χ3v) is 5.95. The highest BCUT2D eigenvalue weighted by Crippen LogP contribution is 2.20. The van der Waals surface area contributed by atoms with Gasteiger partial charge in [-0.1, -0.05) is 22.9 Å². The van der Waals surface area contributed by atoms with Gasteiger partial charge in [-0.15, -0.1) is 0 Å². The van der Waals surface area contributed by atoms with E-state index in [4.69, 9.17) is 0 Å². The molecule has 134 valence electrons. The summed E-state index contributed by atoms with van der Waals surface area (Å²) in [5.41, 5.74) is 1.52. The monoisotopic (exact) mass is 428 g/mol. The lowest BCUT2D eigenvalue weighted by atomic mass is 10.2. The number of hydrogen-bond donors (Lipinski definition) is 2. The van der Waals surface area contributed by atoms with Crippen LogP contribution in [0.1, 0.15) is 18.9 Å². The molecule has 25 heavy (non-hydrogen) atoms. The van der Waals surface area contributed by atoms with Crippen molar-refractivity contribution >= 4 is 37.5 Å². The van der Waals surface area contributed by atoms with Gasteiger partial charge in [0, 0.05) is 10.2 Å². The van der Waals surface area contributed by atoms with E-state index in [1.54, 1.807) is 25.1 Å². The number of anilines is 1. The molecule has 2 rings (SSSR count). The normalized spacial score (nSPS) is 12.6. The Balaban J connectivity index is 2.13. The van der Waals surface area contributed by atoms with Crippen LogP contribution in [0.3, 0.4) is 0 Å². The molecule has 0 aliphatic carbocycles. The van der Waals surface area contributed by atoms with Crippen LogP contribution in [0.25, 0.3) is 0 Å². The number of nitrogens with one attached hydrogen (secondary N) is 2. The SMILES string of the molecule is CCC(NS(=O)(=O)c1ccc(F)cc1)C(=O)Nc1ccc(Br)c(C)c1. The Bertz CT molecular complexity index is 870. The minimum atomic E-state index is -3.93. The number of carbonyl (C=O) groups excluding carboxylic acids is 1. The maximum Gasteiger partial charge on any atom is 0.242 e. The maximum atomic E-state index is 13.0. The van der Waals surface area contributed by atoms with E-state index in [1.807, 2.05) is 6.92 Å². The summed E-state index contributed by atoms with van der Waals surface area (Å²) in [7, 11) is -3.93. The fourth-order valence-corrected chi connectivity index (χ4v) is 3.67. The molecule has 2 aromatic carbocycles. The summed E-state index contributed by atoms with van der Waals surface area (Å²) in [6.07, 6.45) is 0.266. The lowest BCUT2D eigenvalue weighted by Crippen LogP contribution is -2.43. The molecule has 2 N–H and O–H groups in total. The van der Waals surface area contributed by atoms with E-state index < -0.39 is 27.8 Å². The average molecular weight is 429 g/mol. The van der Waals surface area contributed by atoms with Crippen molar-refractivity contribution < 1.29 is 17.6 Å². The van der Waals surface area contributed by atoms with Crippen LogP contribution in [-0.2, 0) is 14.8 Å². The fourth-order valence-electron chi connectivity index (χ4n) is 2.14. The average Bonchev–Trinajstić information content (AvgIpc) is 2.56. The first-order valence-electron chi connectivity index (χ1n) is 7.58. The van der Waals surface area contributed by atoms with E-state index >= 15 is 0 Å². The Labute approximate surface area is 154 Å². The van der Waals surface area contributed by atoms with E-state index in [1.165, 1.54) is 0 Å². The first-order valence-corrected chi connectivity index (χ1v) is 9.85. The number of aryl methyl sites for hydroxylation is 1. The molecule has 0 radical (unpaired) electrons. The number of hydrogen-bond acceptors (Lipinski definition) is 3. The van der Waals surface area contributed by atoms with Gasteiger partial charge in [-0.3, -0.25) is 4.79 Å². The predicted molar refractivity (Wildman–Crippen MR) is 98.3 cm³/mol. The van der Waals surface area contributed by atoms with E-state index in [0.29, 0.717) is 5.69 Å². The van der Waals surface area contributed by atoms with Gasteiger partial charge in [-0.2, -0.15) is 4.72 Å². The van der Waals surface area contributed by atoms with Crippen molar-refractivity contribution in [3.05, 3.63) is 58.3 Å². The number of amides is 1. The molecule has 0 heterocycles. The van der Waals surface area contributed by atoms with Gasteiger partial charge in [0.05, 0.1) is 4.90 Å². The molecule has 0 fully saturated rings. The smallest absolute Gasteiger partial charge is 0.242 e. The Kier molecular flexibility index (Phi) is 6.31. The number of halogens is 2. The predicted octanol–water partition coefficient (Wildman–Crippen LogP) is 3.59. The van der Waals surface area contributed by atoms with E-state index in [2.05, 4.69) is 26.0 Å². The number of benzene rings is 2. The molecule has 0 bridgehead atoms. The van der Waals surface area contributed by atoms with Gasteiger partial charge in [0.15, 0.2) is 0 Å². The summed E-state index contributed by atoms with van der Waals surface area (Å²) in [4.78, 5) is 12.3. The zero-order valence-electron chi connectivity index (χ0n) is 13.7. The first kappa shape index (κ1) is 19.6. The zero-order chi connectivity index (χ0) is 18.6. The van der Waals surface area contributed by atoms with Crippen LogP contribution < -0.4 is 10.0 Å². The number of rotatable bonds is 6. The van der Waals surface area contributed by atoms with Crippen LogP contribution in [0.5, 0.6) is 0 Å². The second-order valence-corrected chi connectivity index (χ2v) is 8.06. The summed E-state index contributed by atoms with van der Waals surface area (Å²) in [6.45, 7) is 3.58. The van der Waals surface area contributed by atoms with Gasteiger partial charge in [0.25, 0.3) is 0 Å². The maximum absolute atomic E-state index is 13.0. The second kappa shape index (κ2) is 8.07. The van der Waals surface area contributed by atoms with Gasteiger partial charge < -0.3 is 5.32 Å². The molecular weight excluding hydrogens is 411 g/mol. The third-order valence-electron chi connectivity index (χ3n) is 3.57. The van der Waals surface area contributed by atoms with E-state index in [0.717, 1.165) is 34.3 Å². The number of carbonyl (C=O) groups is 1. The fraction of sp³-hybridized carbons (Fsp3) is 0.235. The van der Waals surface area contributed by atoms with Gasteiger partial charge in [-0.05, 0) is 61.4 Å². The quantitative estimate of drug-likeness (QED) is 0.737. The Hall–Kier alpha value is -1.77. The zero-order valence-corrected chi connectivity index (χ0v) is 16.1. The minimum absolute atomic E-state index is 0.0976. The van der Waals surface area contributed by atoms with E-state index in [9.17, 15) is 17.6 Å². The molecule has 0 spiro atoms. The van der Waals surface area contributed by atoms with Crippen LogP contribution in [0.2, 0.25) is 0 Å². The summed E-state index contributed by atoms with van der Waals surface area (Å²) in [5.74, 6) is -0.996. The molecule has 5 nitrogen and oxygen atoms in total. The standard InChI is InChI=1S/C17H18BrFN2O3S/c1-3-16(17(22)20-13-6-9-15(18)11(2)10-13)21-25(23,24)14-7-4-12(19)5-8-14/h4-10,16,21H,3H2,1-2H3,(H,20,22). The van der Waals surface area contributed by atoms with Crippen LogP contribution in [0, 0.1) is 12.7 Å². The minimum Gasteiger partial charge on any atom is -0.325 e. The van der Waals surface area contributed by atoms with Crippen molar-refractivity contribution in [2.24, 2.45) is 0 Å². The van der Waals surface area contributed by atoms with Gasteiger partial charge >= 0.3 is 0 Å². The number of sulfonamides is 1. The highest BCUT2D eigenvalue weighted by molar-refractivity contribution is 9.10. The molecule has 1 atom stereocenters. The molecule has 0 aliphatic heterocycles. The lowest BCUT2D eigenvalue weighted by molar-refractivity contribution is -0.117. The highest BCUT2D eigenvalue weighted by Gasteiger charge is 2.24. The van der Waals surface area contributed by atoms with Crippen molar-refractivity contribution in [1.29, 1.82) is 0 Å². The van der Waals surface area contributed by atoms with Crippen LogP contribution in [-0.4, -0.2) is 20.4 Å². The molecule has 2 aromatic rings. The Morgan fingerprint density at radius 3 is 2.40 bits per heavy atom. The van der Waals surface area contributed by atoms with Crippen molar-refractivity contribution in [1.82, 2.24) is 4.72 Å². The van der Waals surface area contributed by atoms with Gasteiger partial charge in [-0.25, -0.2) is 12.8 Å². The molecule has 0 saturated carbocycles. The van der Waals surface area contributed by atoms with Crippen molar-refractivity contribution in [3.63, 3.8) is 0 Å². The van der Waals surface area contributed by atoms with Crippen LogP contribution in [0.15, 0.2) is 51.8 Å². The molecular formula is C17H18BrFN2O3S. The largest absolute Gasteiger partial charge is 0.325 e. The molecule has 0 saturated heterocycles. The van der Waals surface area contributed by atoms with Crippen molar-refractivity contribution in [3.8, 4) is 0 Å². The van der Waals surface area contributed by atoms with Crippen LogP contribution in [0.4, 0.5) is 10.1 Å². The second-order valence-electron chi connectivity index (χ2n) is 5.49. The summed E-state index contributed by atoms with van der Waals surface area (Å²) < 4.78 is 40.9.